The van der Waals surface area contributed by atoms with E-state index in [0.717, 1.165) is 0 Å². The van der Waals surface area contributed by atoms with Crippen LogP contribution in [-0.4, -0.2) is 16.8 Å². The number of ketones is 1. The van der Waals surface area contributed by atoms with Gasteiger partial charge in [-0.2, -0.15) is 0 Å². The number of hydrogen-bond acceptors (Lipinski definition) is 3. The van der Waals surface area contributed by atoms with Crippen LogP contribution in [0.3, 0.4) is 0 Å². The van der Waals surface area contributed by atoms with Crippen LogP contribution < -0.4 is 4.90 Å². The third kappa shape index (κ3) is 3.41. The zero-order chi connectivity index (χ0) is 20.5. The third-order valence-electron chi connectivity index (χ3n) is 4.79. The minimum Gasteiger partial charge on any atom is -0.507 e. The highest BCUT2D eigenvalue weighted by molar-refractivity contribution is 6.51. The van der Waals surface area contributed by atoms with Gasteiger partial charge in [0.2, 0.25) is 0 Å². The van der Waals surface area contributed by atoms with Gasteiger partial charge in [0.25, 0.3) is 11.7 Å². The first-order chi connectivity index (χ1) is 14.0. The van der Waals surface area contributed by atoms with Gasteiger partial charge in [-0.15, -0.1) is 0 Å². The number of halogens is 2. The Labute approximate surface area is 177 Å². The summed E-state index contributed by atoms with van der Waals surface area (Å²) in [4.78, 5) is 27.3. The Morgan fingerprint density at radius 1 is 0.828 bits per heavy atom. The summed E-state index contributed by atoms with van der Waals surface area (Å²) in [5, 5.41) is 11.6. The molecule has 0 bridgehead atoms. The fraction of sp³-hybridized carbons (Fsp3) is 0.0435. The van der Waals surface area contributed by atoms with Gasteiger partial charge in [0.1, 0.15) is 5.76 Å². The molecule has 29 heavy (non-hydrogen) atoms. The van der Waals surface area contributed by atoms with Crippen molar-refractivity contribution in [1.82, 2.24) is 0 Å². The van der Waals surface area contributed by atoms with E-state index in [1.54, 1.807) is 30.3 Å². The first-order valence-corrected chi connectivity index (χ1v) is 9.61. The maximum absolute atomic E-state index is 13.0. The third-order valence-corrected chi connectivity index (χ3v) is 5.53. The molecule has 1 aliphatic heterocycles. The number of Topliss-reactive ketones (excluding diaryl/α,β-unsaturated/α-hetero) is 1. The number of carbonyl (C=O) groups excluding carboxylic acids is 2. The molecule has 0 aliphatic carbocycles. The predicted molar refractivity (Wildman–Crippen MR) is 114 cm³/mol. The van der Waals surface area contributed by atoms with E-state index in [1.165, 1.54) is 17.0 Å². The first kappa shape index (κ1) is 19.2. The summed E-state index contributed by atoms with van der Waals surface area (Å²) in [6, 6.07) is 21.8. The van der Waals surface area contributed by atoms with Crippen molar-refractivity contribution in [2.75, 3.05) is 4.90 Å². The zero-order valence-corrected chi connectivity index (χ0v) is 16.6. The number of hydrogen-bond donors (Lipinski definition) is 1. The Morgan fingerprint density at radius 3 is 2.07 bits per heavy atom. The van der Waals surface area contributed by atoms with Gasteiger partial charge < -0.3 is 5.11 Å². The van der Waals surface area contributed by atoms with Gasteiger partial charge in [0.15, 0.2) is 0 Å². The SMILES string of the molecule is O=C1C(=O)N(c2ccccc2)C(c2ccccc2)/C1=C(/O)c1ccc(Cl)c(Cl)c1. The average molecular weight is 424 g/mol. The second-order valence-electron chi connectivity index (χ2n) is 6.54. The number of rotatable bonds is 3. The van der Waals surface area contributed by atoms with Crippen LogP contribution in [0.5, 0.6) is 0 Å². The maximum Gasteiger partial charge on any atom is 0.300 e. The average Bonchev–Trinajstić information content (AvgIpc) is 3.01. The Kier molecular flexibility index (Phi) is 5.14. The van der Waals surface area contributed by atoms with Gasteiger partial charge >= 0.3 is 0 Å². The Hall–Kier alpha value is -3.08. The van der Waals surface area contributed by atoms with Crippen LogP contribution in [0.1, 0.15) is 17.2 Å². The van der Waals surface area contributed by atoms with Crippen molar-refractivity contribution in [3.8, 4) is 0 Å². The molecule has 1 heterocycles. The van der Waals surface area contributed by atoms with Gasteiger partial charge in [-0.3, -0.25) is 14.5 Å². The van der Waals surface area contributed by atoms with E-state index in [2.05, 4.69) is 0 Å². The Balaban J connectivity index is 1.95. The van der Waals surface area contributed by atoms with E-state index in [9.17, 15) is 14.7 Å². The summed E-state index contributed by atoms with van der Waals surface area (Å²) in [6.07, 6.45) is 0. The smallest absolute Gasteiger partial charge is 0.300 e. The van der Waals surface area contributed by atoms with Crippen molar-refractivity contribution >= 4 is 46.3 Å². The lowest BCUT2D eigenvalue weighted by Gasteiger charge is -2.25. The quantitative estimate of drug-likeness (QED) is 0.337. The topological polar surface area (TPSA) is 57.6 Å². The van der Waals surface area contributed by atoms with Crippen LogP contribution in [-0.2, 0) is 9.59 Å². The van der Waals surface area contributed by atoms with Crippen LogP contribution in [0.2, 0.25) is 10.0 Å². The molecule has 1 aliphatic rings. The molecule has 0 saturated carbocycles. The highest BCUT2D eigenvalue weighted by atomic mass is 35.5. The molecule has 4 rings (SSSR count). The van der Waals surface area contributed by atoms with E-state index in [-0.39, 0.29) is 16.4 Å². The van der Waals surface area contributed by atoms with Gasteiger partial charge in [-0.1, -0.05) is 71.7 Å². The van der Waals surface area contributed by atoms with Crippen LogP contribution in [0.4, 0.5) is 5.69 Å². The summed E-state index contributed by atoms with van der Waals surface area (Å²) in [5.74, 6) is -1.76. The molecule has 6 heteroatoms. The second kappa shape index (κ2) is 7.74. The molecule has 1 N–H and O–H groups in total. The van der Waals surface area contributed by atoms with Crippen molar-refractivity contribution < 1.29 is 14.7 Å². The van der Waals surface area contributed by atoms with Gasteiger partial charge in [-0.05, 0) is 35.9 Å². The number of nitrogens with zero attached hydrogens (tertiary/aromatic N) is 1. The normalized spacial score (nSPS) is 18.3. The fourth-order valence-corrected chi connectivity index (χ4v) is 3.74. The van der Waals surface area contributed by atoms with Crippen LogP contribution in [0.25, 0.3) is 5.76 Å². The van der Waals surface area contributed by atoms with Crippen LogP contribution in [0, 0.1) is 0 Å². The molecule has 1 unspecified atom stereocenters. The minimum absolute atomic E-state index is 0.00319. The van der Waals surface area contributed by atoms with Crippen molar-refractivity contribution in [2.24, 2.45) is 0 Å². The summed E-state index contributed by atoms with van der Waals surface area (Å²) < 4.78 is 0. The molecule has 1 atom stereocenters. The highest BCUT2D eigenvalue weighted by Gasteiger charge is 2.46. The highest BCUT2D eigenvalue weighted by Crippen LogP contribution is 2.42. The van der Waals surface area contributed by atoms with E-state index < -0.39 is 17.7 Å². The minimum atomic E-state index is -0.770. The monoisotopic (exact) mass is 423 g/mol. The maximum atomic E-state index is 13.0. The van der Waals surface area contributed by atoms with E-state index in [0.29, 0.717) is 21.8 Å². The molecule has 1 saturated heterocycles. The molecule has 0 spiro atoms. The number of amides is 1. The lowest BCUT2D eigenvalue weighted by atomic mass is 9.95. The first-order valence-electron chi connectivity index (χ1n) is 8.85. The largest absolute Gasteiger partial charge is 0.507 e. The Bertz CT molecular complexity index is 1130. The molecule has 3 aromatic rings. The summed E-state index contributed by atoms with van der Waals surface area (Å²) in [6.45, 7) is 0. The van der Waals surface area contributed by atoms with Gasteiger partial charge in [0, 0.05) is 11.3 Å². The number of anilines is 1. The van der Waals surface area contributed by atoms with Crippen molar-refractivity contribution in [2.45, 2.75) is 6.04 Å². The number of aliphatic hydroxyl groups excluding tert-OH is 1. The van der Waals surface area contributed by atoms with Crippen molar-refractivity contribution in [3.05, 3.63) is 106 Å². The molecular weight excluding hydrogens is 409 g/mol. The molecule has 1 amide bonds. The lowest BCUT2D eigenvalue weighted by Crippen LogP contribution is -2.29. The van der Waals surface area contributed by atoms with Crippen molar-refractivity contribution in [3.63, 3.8) is 0 Å². The summed E-state index contributed by atoms with van der Waals surface area (Å²) in [7, 11) is 0. The summed E-state index contributed by atoms with van der Waals surface area (Å²) in [5.41, 5.74) is 1.59. The molecular formula is C23H15Cl2NO3. The molecule has 1 fully saturated rings. The molecule has 0 aromatic heterocycles. The van der Waals surface area contributed by atoms with E-state index in [4.69, 9.17) is 23.2 Å². The van der Waals surface area contributed by atoms with Crippen molar-refractivity contribution in [1.29, 1.82) is 0 Å². The Morgan fingerprint density at radius 2 is 1.45 bits per heavy atom. The zero-order valence-electron chi connectivity index (χ0n) is 15.0. The number of benzene rings is 3. The predicted octanol–water partition coefficient (Wildman–Crippen LogP) is 5.62. The molecule has 4 nitrogen and oxygen atoms in total. The second-order valence-corrected chi connectivity index (χ2v) is 7.36. The van der Waals surface area contributed by atoms with E-state index in [1.807, 2.05) is 36.4 Å². The fourth-order valence-electron chi connectivity index (χ4n) is 3.44. The van der Waals surface area contributed by atoms with Gasteiger partial charge in [0.05, 0.1) is 21.7 Å². The summed E-state index contributed by atoms with van der Waals surface area (Å²) >= 11 is 12.0. The van der Waals surface area contributed by atoms with Gasteiger partial charge in [-0.25, -0.2) is 0 Å². The molecule has 3 aromatic carbocycles. The standard InChI is InChI=1S/C23H15Cl2NO3/c24-17-12-11-15(13-18(17)25)21(27)19-20(14-7-3-1-4-8-14)26(23(29)22(19)28)16-9-5-2-6-10-16/h1-13,20,27H/b21-19-. The lowest BCUT2D eigenvalue weighted by molar-refractivity contribution is -0.132. The van der Waals surface area contributed by atoms with Crippen LogP contribution in [0.15, 0.2) is 84.4 Å². The van der Waals surface area contributed by atoms with Crippen LogP contribution >= 0.6 is 23.2 Å². The number of aliphatic hydroxyl groups is 1. The molecule has 144 valence electrons. The number of para-hydroxylation sites is 1. The van der Waals surface area contributed by atoms with E-state index >= 15 is 0 Å². The molecule has 0 radical (unpaired) electrons. The number of carbonyl (C=O) groups is 2.